The third kappa shape index (κ3) is 2.61. The van der Waals surface area contributed by atoms with Gasteiger partial charge in [0, 0.05) is 24.5 Å². The van der Waals surface area contributed by atoms with Gasteiger partial charge in [0.25, 0.3) is 11.6 Å². The Kier molecular flexibility index (Phi) is 3.81. The van der Waals surface area contributed by atoms with Gasteiger partial charge in [0.05, 0.1) is 4.92 Å². The molecule has 6 heteroatoms. The van der Waals surface area contributed by atoms with E-state index in [2.05, 4.69) is 0 Å². The molecule has 1 fully saturated rings. The number of rotatable bonds is 2. The lowest BCUT2D eigenvalue weighted by Crippen LogP contribution is -2.39. The highest BCUT2D eigenvalue weighted by Gasteiger charge is 2.27. The van der Waals surface area contributed by atoms with Gasteiger partial charge in [0.15, 0.2) is 0 Å². The molecule has 1 aromatic rings. The smallest absolute Gasteiger partial charge is 0.282 e. The number of nitro groups is 1. The zero-order valence-corrected chi connectivity index (χ0v) is 10.5. The molecule has 0 bridgehead atoms. The highest BCUT2D eigenvalue weighted by Crippen LogP contribution is 2.22. The molecule has 1 aliphatic heterocycles. The summed E-state index contributed by atoms with van der Waals surface area (Å²) in [6.45, 7) is 1.11. The molecule has 1 amide bonds. The Hall–Kier alpha value is -1.62. The molecule has 1 aromatic carbocycles. The van der Waals surface area contributed by atoms with Crippen LogP contribution in [0.5, 0.6) is 0 Å². The highest BCUT2D eigenvalue weighted by atomic mass is 35.5. The molecule has 0 N–H and O–H groups in total. The van der Waals surface area contributed by atoms with Crippen molar-refractivity contribution < 1.29 is 9.72 Å². The van der Waals surface area contributed by atoms with Crippen molar-refractivity contribution in [3.63, 3.8) is 0 Å². The molecule has 0 aromatic heterocycles. The Balaban J connectivity index is 2.21. The van der Waals surface area contributed by atoms with Crippen LogP contribution in [0.25, 0.3) is 0 Å². The van der Waals surface area contributed by atoms with Crippen LogP contribution in [0.2, 0.25) is 0 Å². The fraction of sp³-hybridized carbons (Fsp3) is 0.417. The number of hydrogen-bond donors (Lipinski definition) is 0. The summed E-state index contributed by atoms with van der Waals surface area (Å²) in [7, 11) is 0. The van der Waals surface area contributed by atoms with E-state index in [0.717, 1.165) is 12.8 Å². The van der Waals surface area contributed by atoms with Crippen LogP contribution in [-0.2, 0) is 0 Å². The van der Waals surface area contributed by atoms with Gasteiger partial charge in [-0.25, -0.2) is 0 Å². The van der Waals surface area contributed by atoms with Crippen molar-refractivity contribution in [1.82, 2.24) is 4.90 Å². The van der Waals surface area contributed by atoms with E-state index in [1.807, 2.05) is 0 Å². The molecule has 18 heavy (non-hydrogen) atoms. The molecule has 2 rings (SSSR count). The lowest BCUT2D eigenvalue weighted by atomic mass is 10.1. The predicted octanol–water partition coefficient (Wildman–Crippen LogP) is 2.44. The fourth-order valence-electron chi connectivity index (χ4n) is 2.04. The number of hydrogen-bond acceptors (Lipinski definition) is 3. The van der Waals surface area contributed by atoms with E-state index in [0.29, 0.717) is 13.1 Å². The van der Waals surface area contributed by atoms with Gasteiger partial charge < -0.3 is 4.90 Å². The van der Waals surface area contributed by atoms with Crippen LogP contribution in [0.4, 0.5) is 5.69 Å². The number of carbonyl (C=O) groups excluding carboxylic acids is 1. The normalized spacial score (nSPS) is 16.6. The topological polar surface area (TPSA) is 63.4 Å². The van der Waals surface area contributed by atoms with E-state index in [1.165, 1.54) is 12.1 Å². The lowest BCUT2D eigenvalue weighted by Gasteiger charge is -2.29. The molecule has 0 aliphatic carbocycles. The van der Waals surface area contributed by atoms with Gasteiger partial charge in [-0.05, 0) is 18.9 Å². The summed E-state index contributed by atoms with van der Waals surface area (Å²) in [5.74, 6) is -0.286. The van der Waals surface area contributed by atoms with Gasteiger partial charge in [-0.3, -0.25) is 14.9 Å². The van der Waals surface area contributed by atoms with E-state index in [1.54, 1.807) is 17.0 Å². The van der Waals surface area contributed by atoms with Crippen LogP contribution in [0.15, 0.2) is 24.3 Å². The first-order chi connectivity index (χ1) is 8.59. The molecule has 1 aliphatic rings. The van der Waals surface area contributed by atoms with E-state index < -0.39 is 4.92 Å². The average Bonchev–Trinajstić information content (AvgIpc) is 2.39. The summed E-state index contributed by atoms with van der Waals surface area (Å²) in [6.07, 6.45) is 1.46. The number of amides is 1. The second-order valence-corrected chi connectivity index (χ2v) is 4.86. The SMILES string of the molecule is O=C(c1ccccc1[N+](=O)[O-])N1CCC(Cl)CC1. The molecule has 0 radical (unpaired) electrons. The largest absolute Gasteiger partial charge is 0.338 e. The second-order valence-electron chi connectivity index (χ2n) is 4.24. The number of benzene rings is 1. The Morgan fingerprint density at radius 3 is 2.56 bits per heavy atom. The van der Waals surface area contributed by atoms with E-state index in [9.17, 15) is 14.9 Å². The Bertz CT molecular complexity index is 470. The minimum Gasteiger partial charge on any atom is -0.338 e. The minimum absolute atomic E-state index is 0.0970. The van der Waals surface area contributed by atoms with Gasteiger partial charge in [-0.1, -0.05) is 12.1 Å². The molecule has 1 heterocycles. The average molecular weight is 269 g/mol. The van der Waals surface area contributed by atoms with Gasteiger partial charge in [-0.2, -0.15) is 0 Å². The van der Waals surface area contributed by atoms with Gasteiger partial charge in [0.2, 0.25) is 0 Å². The Morgan fingerprint density at radius 1 is 1.33 bits per heavy atom. The first kappa shape index (κ1) is 12.8. The summed E-state index contributed by atoms with van der Waals surface area (Å²) in [6, 6.07) is 6.03. The van der Waals surface area contributed by atoms with Crippen molar-refractivity contribution in [2.45, 2.75) is 18.2 Å². The van der Waals surface area contributed by atoms with Crippen molar-refractivity contribution in [2.24, 2.45) is 0 Å². The number of para-hydroxylation sites is 1. The predicted molar refractivity (Wildman–Crippen MR) is 67.9 cm³/mol. The fourth-order valence-corrected chi connectivity index (χ4v) is 2.23. The summed E-state index contributed by atoms with van der Waals surface area (Å²) in [4.78, 5) is 24.2. The quantitative estimate of drug-likeness (QED) is 0.470. The molecule has 96 valence electrons. The van der Waals surface area contributed by atoms with Crippen molar-refractivity contribution in [3.05, 3.63) is 39.9 Å². The van der Waals surface area contributed by atoms with E-state index >= 15 is 0 Å². The van der Waals surface area contributed by atoms with Crippen LogP contribution in [0.3, 0.4) is 0 Å². The highest BCUT2D eigenvalue weighted by molar-refractivity contribution is 6.20. The van der Waals surface area contributed by atoms with Crippen LogP contribution in [-0.4, -0.2) is 34.2 Å². The molecule has 0 atom stereocenters. The van der Waals surface area contributed by atoms with Crippen LogP contribution in [0, 0.1) is 10.1 Å². The maximum Gasteiger partial charge on any atom is 0.282 e. The zero-order valence-electron chi connectivity index (χ0n) is 9.71. The van der Waals surface area contributed by atoms with Crippen LogP contribution >= 0.6 is 11.6 Å². The summed E-state index contributed by atoms with van der Waals surface area (Å²) >= 11 is 5.97. The third-order valence-electron chi connectivity index (χ3n) is 3.04. The maximum absolute atomic E-state index is 12.2. The van der Waals surface area contributed by atoms with Crippen molar-refractivity contribution in [2.75, 3.05) is 13.1 Å². The maximum atomic E-state index is 12.2. The first-order valence-corrected chi connectivity index (χ1v) is 6.20. The van der Waals surface area contributed by atoms with Gasteiger partial charge in [0.1, 0.15) is 5.56 Å². The number of likely N-dealkylation sites (tertiary alicyclic amines) is 1. The van der Waals surface area contributed by atoms with Crippen LogP contribution < -0.4 is 0 Å². The summed E-state index contributed by atoms with van der Waals surface area (Å²) in [5.41, 5.74) is 0.00557. The molecule has 0 unspecified atom stereocenters. The monoisotopic (exact) mass is 268 g/mol. The Morgan fingerprint density at radius 2 is 1.94 bits per heavy atom. The second kappa shape index (κ2) is 5.35. The Labute approximate surface area is 109 Å². The van der Waals surface area contributed by atoms with Crippen LogP contribution in [0.1, 0.15) is 23.2 Å². The molecule has 0 saturated carbocycles. The molecular weight excluding hydrogens is 256 g/mol. The van der Waals surface area contributed by atoms with Crippen molar-refractivity contribution >= 4 is 23.2 Å². The van der Waals surface area contributed by atoms with Crippen molar-refractivity contribution in [1.29, 1.82) is 0 Å². The van der Waals surface area contributed by atoms with E-state index in [4.69, 9.17) is 11.6 Å². The molecule has 5 nitrogen and oxygen atoms in total. The number of halogens is 1. The van der Waals surface area contributed by atoms with Gasteiger partial charge in [-0.15, -0.1) is 11.6 Å². The number of carbonyl (C=O) groups is 1. The minimum atomic E-state index is -0.526. The number of piperidine rings is 1. The standard InChI is InChI=1S/C12H13ClN2O3/c13-9-5-7-14(8-6-9)12(16)10-3-1-2-4-11(10)15(17)18/h1-4,9H,5-8H2. The molecule has 0 spiro atoms. The third-order valence-corrected chi connectivity index (χ3v) is 3.48. The number of alkyl halides is 1. The number of nitro benzene ring substituents is 1. The zero-order chi connectivity index (χ0) is 13.1. The van der Waals surface area contributed by atoms with Crippen molar-refractivity contribution in [3.8, 4) is 0 Å². The summed E-state index contributed by atoms with van der Waals surface area (Å²) < 4.78 is 0. The number of nitrogens with zero attached hydrogens (tertiary/aromatic N) is 2. The lowest BCUT2D eigenvalue weighted by molar-refractivity contribution is -0.385. The van der Waals surface area contributed by atoms with Gasteiger partial charge >= 0.3 is 0 Å². The molecular formula is C12H13ClN2O3. The van der Waals surface area contributed by atoms with E-state index in [-0.39, 0.29) is 22.5 Å². The molecule has 1 saturated heterocycles. The summed E-state index contributed by atoms with van der Waals surface area (Å²) in [5, 5.41) is 11.0. The first-order valence-electron chi connectivity index (χ1n) is 5.76.